The second-order valence-corrected chi connectivity index (χ2v) is 5.60. The third kappa shape index (κ3) is 3.18. The largest absolute Gasteiger partial charge is 0.478 e. The summed E-state index contributed by atoms with van der Waals surface area (Å²) in [5, 5.41) is 5.63. The Hall–Kier alpha value is -2.82. The third-order valence-electron chi connectivity index (χ3n) is 3.72. The van der Waals surface area contributed by atoms with Crippen molar-refractivity contribution in [1.82, 2.24) is 5.32 Å². The van der Waals surface area contributed by atoms with Gasteiger partial charge < -0.3 is 15.4 Å². The second-order valence-electron chi connectivity index (χ2n) is 5.60. The van der Waals surface area contributed by atoms with E-state index in [1.807, 2.05) is 31.2 Å². The van der Waals surface area contributed by atoms with Crippen molar-refractivity contribution in [2.45, 2.75) is 26.5 Å². The molecule has 0 aromatic heterocycles. The van der Waals surface area contributed by atoms with Crippen molar-refractivity contribution in [3.05, 3.63) is 59.2 Å². The van der Waals surface area contributed by atoms with Crippen molar-refractivity contribution >= 4 is 17.5 Å². The Kier molecular flexibility index (Phi) is 4.02. The van der Waals surface area contributed by atoms with Gasteiger partial charge in [0, 0.05) is 6.54 Å². The molecule has 0 bridgehead atoms. The van der Waals surface area contributed by atoms with Gasteiger partial charge in [-0.25, -0.2) is 0 Å². The maximum Gasteiger partial charge on any atom is 0.265 e. The van der Waals surface area contributed by atoms with Gasteiger partial charge in [0.05, 0.1) is 11.3 Å². The van der Waals surface area contributed by atoms with E-state index in [2.05, 4.69) is 10.6 Å². The molecule has 1 heterocycles. The zero-order valence-corrected chi connectivity index (χ0v) is 13.1. The molecule has 0 fully saturated rings. The normalized spacial score (nSPS) is 16.1. The maximum atomic E-state index is 12.5. The molecule has 0 saturated carbocycles. The van der Waals surface area contributed by atoms with E-state index >= 15 is 0 Å². The molecule has 2 aromatic carbocycles. The van der Waals surface area contributed by atoms with Crippen LogP contribution in [-0.4, -0.2) is 17.9 Å². The number of anilines is 1. The molecule has 0 radical (unpaired) electrons. The van der Waals surface area contributed by atoms with Crippen molar-refractivity contribution in [3.8, 4) is 5.75 Å². The fourth-order valence-corrected chi connectivity index (χ4v) is 2.51. The highest BCUT2D eigenvalue weighted by molar-refractivity contribution is 6.03. The fraction of sp³-hybridized carbons (Fsp3) is 0.222. The minimum atomic E-state index is -0.617. The van der Waals surface area contributed by atoms with Crippen LogP contribution in [0.1, 0.15) is 28.4 Å². The smallest absolute Gasteiger partial charge is 0.265 e. The molecule has 2 N–H and O–H groups in total. The van der Waals surface area contributed by atoms with Crippen LogP contribution in [0, 0.1) is 6.92 Å². The molecule has 5 nitrogen and oxygen atoms in total. The molecular formula is C18H18N2O3. The Morgan fingerprint density at radius 2 is 2.04 bits per heavy atom. The highest BCUT2D eigenvalue weighted by Crippen LogP contribution is 2.33. The lowest BCUT2D eigenvalue weighted by molar-refractivity contribution is -0.122. The minimum absolute atomic E-state index is 0.213. The summed E-state index contributed by atoms with van der Waals surface area (Å²) in [4.78, 5) is 24.1. The van der Waals surface area contributed by atoms with E-state index in [1.165, 1.54) is 0 Å². The molecular weight excluding hydrogens is 292 g/mol. The van der Waals surface area contributed by atoms with Crippen LogP contribution in [0.4, 0.5) is 5.69 Å². The van der Waals surface area contributed by atoms with Crippen molar-refractivity contribution in [2.75, 3.05) is 5.32 Å². The van der Waals surface area contributed by atoms with Crippen molar-refractivity contribution in [1.29, 1.82) is 0 Å². The summed E-state index contributed by atoms with van der Waals surface area (Å²) in [6.07, 6.45) is -0.617. The van der Waals surface area contributed by atoms with Crippen LogP contribution in [0.2, 0.25) is 0 Å². The molecule has 0 spiro atoms. The number of ether oxygens (including phenoxy) is 1. The molecule has 1 atom stereocenters. The van der Waals surface area contributed by atoms with Gasteiger partial charge in [0.1, 0.15) is 0 Å². The molecule has 118 valence electrons. The molecule has 2 amide bonds. The van der Waals surface area contributed by atoms with Gasteiger partial charge in [-0.05, 0) is 31.5 Å². The van der Waals surface area contributed by atoms with Gasteiger partial charge >= 0.3 is 0 Å². The van der Waals surface area contributed by atoms with Crippen LogP contribution in [0.3, 0.4) is 0 Å². The van der Waals surface area contributed by atoms with Crippen LogP contribution in [0.5, 0.6) is 5.75 Å². The van der Waals surface area contributed by atoms with Crippen LogP contribution in [-0.2, 0) is 11.3 Å². The van der Waals surface area contributed by atoms with E-state index < -0.39 is 6.10 Å². The number of amides is 2. The standard InChI is InChI=1S/C18H18N2O3/c1-11-5-3-6-13(9-11)10-19-18(22)14-7-4-8-15-16(14)23-12(2)17(21)20-15/h3-9,12H,10H2,1-2H3,(H,19,22)(H,20,21). The van der Waals surface area contributed by atoms with Gasteiger partial charge in [0.15, 0.2) is 11.9 Å². The van der Waals surface area contributed by atoms with E-state index in [1.54, 1.807) is 25.1 Å². The van der Waals surface area contributed by atoms with Gasteiger partial charge in [0.2, 0.25) is 0 Å². The molecule has 2 aromatic rings. The van der Waals surface area contributed by atoms with E-state index in [4.69, 9.17) is 4.74 Å². The van der Waals surface area contributed by atoms with Crippen molar-refractivity contribution < 1.29 is 14.3 Å². The van der Waals surface area contributed by atoms with Crippen LogP contribution >= 0.6 is 0 Å². The molecule has 23 heavy (non-hydrogen) atoms. The zero-order valence-electron chi connectivity index (χ0n) is 13.1. The monoisotopic (exact) mass is 310 g/mol. The SMILES string of the molecule is Cc1cccc(CNC(=O)c2cccc3c2OC(C)C(=O)N3)c1. The Morgan fingerprint density at radius 3 is 2.83 bits per heavy atom. The summed E-state index contributed by atoms with van der Waals surface area (Å²) in [6, 6.07) is 13.1. The van der Waals surface area contributed by atoms with Crippen molar-refractivity contribution in [3.63, 3.8) is 0 Å². The number of hydrogen-bond acceptors (Lipinski definition) is 3. The Balaban J connectivity index is 1.78. The molecule has 5 heteroatoms. The number of nitrogens with one attached hydrogen (secondary N) is 2. The number of carbonyl (C=O) groups is 2. The average Bonchev–Trinajstić information content (AvgIpc) is 2.53. The number of benzene rings is 2. The number of aryl methyl sites for hydroxylation is 1. The van der Waals surface area contributed by atoms with E-state index in [-0.39, 0.29) is 11.8 Å². The van der Waals surface area contributed by atoms with Crippen LogP contribution in [0.15, 0.2) is 42.5 Å². The topological polar surface area (TPSA) is 67.4 Å². The molecule has 0 saturated heterocycles. The first kappa shape index (κ1) is 15.1. The first-order valence-corrected chi connectivity index (χ1v) is 7.49. The van der Waals surface area contributed by atoms with Gasteiger partial charge in [-0.15, -0.1) is 0 Å². The Labute approximate surface area is 134 Å². The number of fused-ring (bicyclic) bond motifs is 1. The van der Waals surface area contributed by atoms with Gasteiger partial charge in [0.25, 0.3) is 11.8 Å². The lowest BCUT2D eigenvalue weighted by Crippen LogP contribution is -2.35. The average molecular weight is 310 g/mol. The molecule has 1 aliphatic rings. The molecule has 3 rings (SSSR count). The van der Waals surface area contributed by atoms with E-state index in [9.17, 15) is 9.59 Å². The molecule has 1 aliphatic heterocycles. The highest BCUT2D eigenvalue weighted by Gasteiger charge is 2.27. The molecule has 0 aliphatic carbocycles. The van der Waals surface area contributed by atoms with Crippen LogP contribution in [0.25, 0.3) is 0 Å². The maximum absolute atomic E-state index is 12.5. The highest BCUT2D eigenvalue weighted by atomic mass is 16.5. The number of hydrogen-bond donors (Lipinski definition) is 2. The number of para-hydroxylation sites is 1. The lowest BCUT2D eigenvalue weighted by atomic mass is 10.1. The third-order valence-corrected chi connectivity index (χ3v) is 3.72. The second kappa shape index (κ2) is 6.12. The van der Waals surface area contributed by atoms with E-state index in [0.717, 1.165) is 11.1 Å². The predicted octanol–water partition coefficient (Wildman–Crippen LogP) is 2.64. The van der Waals surface area contributed by atoms with Gasteiger partial charge in [-0.1, -0.05) is 35.9 Å². The predicted molar refractivity (Wildman–Crippen MR) is 87.5 cm³/mol. The lowest BCUT2D eigenvalue weighted by Gasteiger charge is -2.25. The summed E-state index contributed by atoms with van der Waals surface area (Å²) < 4.78 is 5.59. The van der Waals surface area contributed by atoms with Gasteiger partial charge in [-0.2, -0.15) is 0 Å². The first-order chi connectivity index (χ1) is 11.0. The van der Waals surface area contributed by atoms with Crippen molar-refractivity contribution in [2.24, 2.45) is 0 Å². The fourth-order valence-electron chi connectivity index (χ4n) is 2.51. The van der Waals surface area contributed by atoms with E-state index in [0.29, 0.717) is 23.5 Å². The number of carbonyl (C=O) groups excluding carboxylic acids is 2. The van der Waals surface area contributed by atoms with Crippen LogP contribution < -0.4 is 15.4 Å². The first-order valence-electron chi connectivity index (χ1n) is 7.49. The summed E-state index contributed by atoms with van der Waals surface area (Å²) in [7, 11) is 0. The van der Waals surface area contributed by atoms with Gasteiger partial charge in [-0.3, -0.25) is 9.59 Å². The summed E-state index contributed by atoms with van der Waals surface area (Å²) in [5.41, 5.74) is 3.12. The Bertz CT molecular complexity index is 771. The summed E-state index contributed by atoms with van der Waals surface area (Å²) in [5.74, 6) is -0.0251. The minimum Gasteiger partial charge on any atom is -0.478 e. The number of rotatable bonds is 3. The Morgan fingerprint density at radius 1 is 1.26 bits per heavy atom. The summed E-state index contributed by atoms with van der Waals surface area (Å²) in [6.45, 7) is 4.10. The zero-order chi connectivity index (χ0) is 16.4. The quantitative estimate of drug-likeness (QED) is 0.916. The summed E-state index contributed by atoms with van der Waals surface area (Å²) >= 11 is 0. The molecule has 1 unspecified atom stereocenters.